The molecule has 0 unspecified atom stereocenters. The lowest BCUT2D eigenvalue weighted by Gasteiger charge is -2.09. The topological polar surface area (TPSA) is 58.6 Å². The summed E-state index contributed by atoms with van der Waals surface area (Å²) in [7, 11) is 0. The zero-order valence-corrected chi connectivity index (χ0v) is 9.94. The molecular formula is C13H14FNO3. The third kappa shape index (κ3) is 4.07. The molecule has 0 saturated heterocycles. The number of amides is 1. The van der Waals surface area contributed by atoms with Crippen LogP contribution < -0.4 is 10.1 Å². The van der Waals surface area contributed by atoms with Gasteiger partial charge in [0.2, 0.25) is 0 Å². The van der Waals surface area contributed by atoms with Crippen molar-refractivity contribution in [2.24, 2.45) is 0 Å². The summed E-state index contributed by atoms with van der Waals surface area (Å²) in [5.74, 6) is 1.14. The molecule has 1 rings (SSSR count). The Morgan fingerprint density at radius 1 is 1.67 bits per heavy atom. The maximum absolute atomic E-state index is 13.5. The van der Waals surface area contributed by atoms with Gasteiger partial charge in [0.15, 0.2) is 18.2 Å². The minimum absolute atomic E-state index is 0.0461. The van der Waals surface area contributed by atoms with Crippen molar-refractivity contribution in [2.75, 3.05) is 13.2 Å². The Morgan fingerprint density at radius 3 is 2.94 bits per heavy atom. The molecule has 1 atom stereocenters. The molecule has 18 heavy (non-hydrogen) atoms. The Kier molecular flexibility index (Phi) is 5.15. The minimum Gasteiger partial charge on any atom is -0.481 e. The number of rotatable bonds is 5. The quantitative estimate of drug-likeness (QED) is 0.768. The molecule has 0 aromatic heterocycles. The third-order valence-corrected chi connectivity index (χ3v) is 2.18. The Morgan fingerprint density at radius 2 is 2.39 bits per heavy atom. The van der Waals surface area contributed by atoms with E-state index < -0.39 is 17.8 Å². The van der Waals surface area contributed by atoms with E-state index in [9.17, 15) is 14.3 Å². The van der Waals surface area contributed by atoms with Gasteiger partial charge in [0.05, 0.1) is 12.6 Å². The van der Waals surface area contributed by atoms with Crippen molar-refractivity contribution in [3.05, 3.63) is 29.6 Å². The fourth-order valence-corrected chi connectivity index (χ4v) is 1.24. The Bertz CT molecular complexity index is 466. The number of ether oxygens (including phenoxy) is 1. The molecule has 0 aliphatic carbocycles. The highest BCUT2D eigenvalue weighted by Gasteiger charge is 2.09. The van der Waals surface area contributed by atoms with E-state index in [0.717, 1.165) is 0 Å². The summed E-state index contributed by atoms with van der Waals surface area (Å²) in [6.45, 7) is 1.32. The van der Waals surface area contributed by atoms with Crippen LogP contribution in [0.3, 0.4) is 0 Å². The lowest BCUT2D eigenvalue weighted by Crippen LogP contribution is -2.29. The normalized spacial score (nSPS) is 11.4. The largest absolute Gasteiger partial charge is 0.481 e. The molecule has 0 spiro atoms. The van der Waals surface area contributed by atoms with Gasteiger partial charge in [0.25, 0.3) is 5.91 Å². The average Bonchev–Trinajstić information content (AvgIpc) is 2.34. The van der Waals surface area contributed by atoms with E-state index in [0.29, 0.717) is 5.56 Å². The van der Waals surface area contributed by atoms with Gasteiger partial charge in [0.1, 0.15) is 0 Å². The van der Waals surface area contributed by atoms with Gasteiger partial charge in [-0.15, -0.1) is 6.42 Å². The zero-order valence-electron chi connectivity index (χ0n) is 9.94. The molecule has 0 aliphatic heterocycles. The van der Waals surface area contributed by atoms with Crippen LogP contribution in [-0.2, 0) is 4.79 Å². The lowest BCUT2D eigenvalue weighted by molar-refractivity contribution is -0.122. The van der Waals surface area contributed by atoms with Crippen LogP contribution >= 0.6 is 0 Å². The van der Waals surface area contributed by atoms with Crippen LogP contribution in [0.5, 0.6) is 5.75 Å². The van der Waals surface area contributed by atoms with Gasteiger partial charge in [-0.2, -0.15) is 0 Å². The van der Waals surface area contributed by atoms with E-state index >= 15 is 0 Å². The molecule has 0 radical (unpaired) electrons. The lowest BCUT2D eigenvalue weighted by atomic mass is 10.1. The van der Waals surface area contributed by atoms with Gasteiger partial charge >= 0.3 is 0 Å². The maximum Gasteiger partial charge on any atom is 0.258 e. The number of carbonyl (C=O) groups is 1. The number of hydrogen-bond donors (Lipinski definition) is 2. The number of nitrogens with one attached hydrogen (secondary N) is 1. The molecule has 0 aliphatic rings. The molecule has 0 fully saturated rings. The maximum atomic E-state index is 13.5. The molecule has 0 bridgehead atoms. The standard InChI is InChI=1S/C13H14FNO3/c1-3-6-15-13(17)8-18-12-5-4-10(9(2)16)7-11(12)14/h1,4-5,7,9,16H,6,8H2,2H3,(H,15,17)/t9-/m1/s1. The summed E-state index contributed by atoms with van der Waals surface area (Å²) in [4.78, 5) is 11.2. The minimum atomic E-state index is -0.757. The number of aliphatic hydroxyl groups is 1. The van der Waals surface area contributed by atoms with Crippen molar-refractivity contribution in [3.8, 4) is 18.1 Å². The van der Waals surface area contributed by atoms with E-state index in [2.05, 4.69) is 11.2 Å². The summed E-state index contributed by atoms with van der Waals surface area (Å²) in [5.41, 5.74) is 0.441. The van der Waals surface area contributed by atoms with E-state index in [1.807, 2.05) is 0 Å². The number of benzene rings is 1. The van der Waals surface area contributed by atoms with Crippen molar-refractivity contribution < 1.29 is 19.0 Å². The van der Waals surface area contributed by atoms with Crippen LogP contribution in [0.1, 0.15) is 18.6 Å². The first-order valence-electron chi connectivity index (χ1n) is 5.35. The number of carbonyl (C=O) groups excluding carboxylic acids is 1. The summed E-state index contributed by atoms with van der Waals surface area (Å²) in [5, 5.41) is 11.7. The van der Waals surface area contributed by atoms with Crippen LogP contribution in [0.25, 0.3) is 0 Å². The SMILES string of the molecule is C#CCNC(=O)COc1ccc([C@@H](C)O)cc1F. The summed E-state index contributed by atoms with van der Waals surface area (Å²) < 4.78 is 18.5. The molecular weight excluding hydrogens is 237 g/mol. The molecule has 1 aromatic carbocycles. The molecule has 0 saturated carbocycles. The molecule has 96 valence electrons. The Balaban J connectivity index is 2.58. The second-order valence-corrected chi connectivity index (χ2v) is 3.64. The molecule has 2 N–H and O–H groups in total. The first-order valence-corrected chi connectivity index (χ1v) is 5.35. The van der Waals surface area contributed by atoms with Crippen LogP contribution in [0.2, 0.25) is 0 Å². The predicted octanol–water partition coefficient (Wildman–Crippen LogP) is 1.01. The second-order valence-electron chi connectivity index (χ2n) is 3.64. The van der Waals surface area contributed by atoms with E-state index in [4.69, 9.17) is 11.2 Å². The van der Waals surface area contributed by atoms with Gasteiger partial charge in [-0.25, -0.2) is 4.39 Å². The van der Waals surface area contributed by atoms with Crippen molar-refractivity contribution in [3.63, 3.8) is 0 Å². The van der Waals surface area contributed by atoms with Crippen molar-refractivity contribution in [1.29, 1.82) is 0 Å². The second kappa shape index (κ2) is 6.62. The molecule has 5 heteroatoms. The van der Waals surface area contributed by atoms with Gasteiger partial charge in [0, 0.05) is 0 Å². The van der Waals surface area contributed by atoms with Crippen LogP contribution in [0.4, 0.5) is 4.39 Å². The smallest absolute Gasteiger partial charge is 0.258 e. The highest BCUT2D eigenvalue weighted by atomic mass is 19.1. The number of aliphatic hydroxyl groups excluding tert-OH is 1. The van der Waals surface area contributed by atoms with Crippen molar-refractivity contribution in [1.82, 2.24) is 5.32 Å². The van der Waals surface area contributed by atoms with Gasteiger partial charge < -0.3 is 15.2 Å². The summed E-state index contributed by atoms with van der Waals surface area (Å²) in [6, 6.07) is 4.06. The molecule has 4 nitrogen and oxygen atoms in total. The van der Waals surface area contributed by atoms with E-state index in [-0.39, 0.29) is 18.9 Å². The molecule has 1 amide bonds. The predicted molar refractivity (Wildman–Crippen MR) is 64.4 cm³/mol. The van der Waals surface area contributed by atoms with Gasteiger partial charge in [-0.3, -0.25) is 4.79 Å². The van der Waals surface area contributed by atoms with E-state index in [1.165, 1.54) is 25.1 Å². The third-order valence-electron chi connectivity index (χ3n) is 2.18. The van der Waals surface area contributed by atoms with Crippen LogP contribution in [0.15, 0.2) is 18.2 Å². The highest BCUT2D eigenvalue weighted by molar-refractivity contribution is 5.77. The summed E-state index contributed by atoms with van der Waals surface area (Å²) in [6.07, 6.45) is 4.21. The Labute approximate surface area is 105 Å². The zero-order chi connectivity index (χ0) is 13.5. The molecule has 1 aromatic rings. The first-order chi connectivity index (χ1) is 8.54. The first kappa shape index (κ1) is 14.0. The number of terminal acetylenes is 1. The fraction of sp³-hybridized carbons (Fsp3) is 0.308. The summed E-state index contributed by atoms with van der Waals surface area (Å²) >= 11 is 0. The van der Waals surface area contributed by atoms with Crippen LogP contribution in [0, 0.1) is 18.2 Å². The van der Waals surface area contributed by atoms with Crippen molar-refractivity contribution >= 4 is 5.91 Å². The average molecular weight is 251 g/mol. The van der Waals surface area contributed by atoms with Gasteiger partial charge in [-0.1, -0.05) is 12.0 Å². The number of hydrogen-bond acceptors (Lipinski definition) is 3. The van der Waals surface area contributed by atoms with Crippen molar-refractivity contribution in [2.45, 2.75) is 13.0 Å². The highest BCUT2D eigenvalue weighted by Crippen LogP contribution is 2.21. The fourth-order valence-electron chi connectivity index (χ4n) is 1.24. The monoisotopic (exact) mass is 251 g/mol. The van der Waals surface area contributed by atoms with Gasteiger partial charge in [-0.05, 0) is 24.6 Å². The Hall–Kier alpha value is -2.06. The van der Waals surface area contributed by atoms with Crippen LogP contribution in [-0.4, -0.2) is 24.2 Å². The molecule has 0 heterocycles. The number of halogens is 1. The van der Waals surface area contributed by atoms with E-state index in [1.54, 1.807) is 0 Å².